The summed E-state index contributed by atoms with van der Waals surface area (Å²) >= 11 is 7.56. The zero-order valence-corrected chi connectivity index (χ0v) is 20.9. The SMILES string of the molecule is Cc1cc2nc(-c3cccc(-n4cc(C)c(=O)[nH]c4=O)c3)sc2c(-c2ccc(Cl)cc2)c1CC(=O)O. The van der Waals surface area contributed by atoms with E-state index in [0.29, 0.717) is 16.3 Å². The van der Waals surface area contributed by atoms with Gasteiger partial charge in [-0.05, 0) is 60.9 Å². The Labute approximate surface area is 214 Å². The third kappa shape index (κ3) is 4.36. The number of thiazole rings is 1. The average Bonchev–Trinajstić information content (AvgIpc) is 3.26. The van der Waals surface area contributed by atoms with Crippen LogP contribution in [0.15, 0.2) is 70.4 Å². The minimum Gasteiger partial charge on any atom is -0.481 e. The largest absolute Gasteiger partial charge is 0.481 e. The van der Waals surface area contributed by atoms with Crippen LogP contribution >= 0.6 is 22.9 Å². The van der Waals surface area contributed by atoms with Gasteiger partial charge in [-0.25, -0.2) is 9.78 Å². The standard InChI is InChI=1S/C27H20ClN3O4S/c1-14-10-21-24(23(20(14)12-22(32)33)16-6-8-18(28)9-7-16)36-26(29-21)17-4-3-5-19(11-17)31-13-15(2)25(34)30-27(31)35/h3-11,13H,12H2,1-2H3,(H,32,33)(H,30,34,35). The molecule has 5 rings (SSSR count). The third-order valence-electron chi connectivity index (χ3n) is 5.96. The van der Waals surface area contributed by atoms with E-state index in [2.05, 4.69) is 4.98 Å². The molecule has 0 unspecified atom stereocenters. The van der Waals surface area contributed by atoms with Crippen molar-refractivity contribution in [3.05, 3.63) is 103 Å². The van der Waals surface area contributed by atoms with E-state index in [4.69, 9.17) is 16.6 Å². The van der Waals surface area contributed by atoms with Crippen LogP contribution in [0.2, 0.25) is 5.02 Å². The first-order valence-electron chi connectivity index (χ1n) is 11.1. The van der Waals surface area contributed by atoms with Gasteiger partial charge in [-0.1, -0.05) is 35.9 Å². The normalized spacial score (nSPS) is 11.2. The van der Waals surface area contributed by atoms with Crippen LogP contribution in [-0.4, -0.2) is 25.6 Å². The van der Waals surface area contributed by atoms with Crippen molar-refractivity contribution in [3.8, 4) is 27.4 Å². The summed E-state index contributed by atoms with van der Waals surface area (Å²) in [6.07, 6.45) is 1.40. The van der Waals surface area contributed by atoms with Crippen molar-refractivity contribution in [1.82, 2.24) is 14.5 Å². The minimum atomic E-state index is -0.910. The number of aromatic nitrogens is 3. The molecule has 0 saturated heterocycles. The number of rotatable bonds is 5. The summed E-state index contributed by atoms with van der Waals surface area (Å²) in [7, 11) is 0. The number of fused-ring (bicyclic) bond motifs is 1. The number of aryl methyl sites for hydroxylation is 2. The number of aliphatic carboxylic acids is 1. The van der Waals surface area contributed by atoms with E-state index in [9.17, 15) is 19.5 Å². The van der Waals surface area contributed by atoms with Crippen LogP contribution in [0.5, 0.6) is 0 Å². The van der Waals surface area contributed by atoms with Gasteiger partial charge in [0, 0.05) is 27.9 Å². The zero-order valence-electron chi connectivity index (χ0n) is 19.3. The lowest BCUT2D eigenvalue weighted by molar-refractivity contribution is -0.136. The third-order valence-corrected chi connectivity index (χ3v) is 7.35. The second-order valence-corrected chi connectivity index (χ2v) is 9.92. The topological polar surface area (TPSA) is 105 Å². The molecule has 0 fully saturated rings. The number of nitrogens with zero attached hydrogens (tertiary/aromatic N) is 2. The fraction of sp³-hybridized carbons (Fsp3) is 0.111. The van der Waals surface area contributed by atoms with Gasteiger partial charge in [-0.3, -0.25) is 19.1 Å². The van der Waals surface area contributed by atoms with Crippen molar-refractivity contribution in [2.24, 2.45) is 0 Å². The van der Waals surface area contributed by atoms with Gasteiger partial charge < -0.3 is 5.11 Å². The van der Waals surface area contributed by atoms with E-state index in [1.54, 1.807) is 25.1 Å². The molecular formula is C27H20ClN3O4S. The van der Waals surface area contributed by atoms with Crippen LogP contribution in [0.3, 0.4) is 0 Å². The monoisotopic (exact) mass is 517 g/mol. The quantitative estimate of drug-likeness (QED) is 0.326. The second kappa shape index (κ2) is 9.22. The summed E-state index contributed by atoms with van der Waals surface area (Å²) in [5.41, 5.74) is 4.91. The van der Waals surface area contributed by atoms with Crippen LogP contribution in [0.25, 0.3) is 37.6 Å². The smallest absolute Gasteiger partial charge is 0.332 e. The van der Waals surface area contributed by atoms with Crippen LogP contribution in [0, 0.1) is 13.8 Å². The number of benzene rings is 3. The van der Waals surface area contributed by atoms with Crippen molar-refractivity contribution in [1.29, 1.82) is 0 Å². The first-order valence-corrected chi connectivity index (χ1v) is 12.2. The molecule has 0 aliphatic rings. The molecule has 0 bridgehead atoms. The lowest BCUT2D eigenvalue weighted by Gasteiger charge is -2.13. The fourth-order valence-electron chi connectivity index (χ4n) is 4.21. The molecule has 2 N–H and O–H groups in total. The summed E-state index contributed by atoms with van der Waals surface area (Å²) in [5.74, 6) is -0.910. The average molecular weight is 518 g/mol. The molecule has 3 aromatic carbocycles. The summed E-state index contributed by atoms with van der Waals surface area (Å²) in [6, 6.07) is 16.6. The van der Waals surface area contributed by atoms with Gasteiger partial charge >= 0.3 is 11.7 Å². The Morgan fingerprint density at radius 3 is 2.53 bits per heavy atom. The van der Waals surface area contributed by atoms with Crippen molar-refractivity contribution in [3.63, 3.8) is 0 Å². The van der Waals surface area contributed by atoms with Crippen LogP contribution in [0.4, 0.5) is 0 Å². The predicted octanol–water partition coefficient (Wildman–Crippen LogP) is 5.37. The van der Waals surface area contributed by atoms with E-state index in [-0.39, 0.29) is 6.42 Å². The summed E-state index contributed by atoms with van der Waals surface area (Å²) in [4.78, 5) is 43.1. The Morgan fingerprint density at radius 2 is 1.81 bits per heavy atom. The molecule has 9 heteroatoms. The Hall–Kier alpha value is -4.01. The number of H-pyrrole nitrogens is 1. The highest BCUT2D eigenvalue weighted by atomic mass is 35.5. The predicted molar refractivity (Wildman–Crippen MR) is 143 cm³/mol. The molecule has 2 aromatic heterocycles. The van der Waals surface area contributed by atoms with Gasteiger partial charge in [-0.2, -0.15) is 0 Å². The molecule has 0 aliphatic carbocycles. The Bertz CT molecular complexity index is 1770. The molecule has 7 nitrogen and oxygen atoms in total. The maximum absolute atomic E-state index is 12.4. The number of aromatic amines is 1. The lowest BCUT2D eigenvalue weighted by Crippen LogP contribution is -2.29. The highest BCUT2D eigenvalue weighted by molar-refractivity contribution is 7.22. The molecule has 0 atom stereocenters. The fourth-order valence-corrected chi connectivity index (χ4v) is 5.47. The van der Waals surface area contributed by atoms with Gasteiger partial charge in [0.15, 0.2) is 0 Å². The molecule has 0 spiro atoms. The maximum atomic E-state index is 12.4. The van der Waals surface area contributed by atoms with Gasteiger partial charge in [0.25, 0.3) is 5.56 Å². The Morgan fingerprint density at radius 1 is 1.06 bits per heavy atom. The Kier molecular flexibility index (Phi) is 6.07. The highest BCUT2D eigenvalue weighted by Crippen LogP contribution is 2.41. The van der Waals surface area contributed by atoms with Crippen LogP contribution < -0.4 is 11.2 Å². The zero-order chi connectivity index (χ0) is 25.6. The molecular weight excluding hydrogens is 498 g/mol. The van der Waals surface area contributed by atoms with Crippen molar-refractivity contribution in [2.75, 3.05) is 0 Å². The van der Waals surface area contributed by atoms with Crippen molar-refractivity contribution in [2.45, 2.75) is 20.3 Å². The molecule has 0 aliphatic heterocycles. The number of hydrogen-bond acceptors (Lipinski definition) is 5. The van der Waals surface area contributed by atoms with E-state index in [1.165, 1.54) is 22.1 Å². The van der Waals surface area contributed by atoms with Crippen molar-refractivity contribution >= 4 is 39.1 Å². The van der Waals surface area contributed by atoms with Gasteiger partial charge in [0.2, 0.25) is 0 Å². The number of nitrogens with one attached hydrogen (secondary N) is 1. The first kappa shape index (κ1) is 23.7. The molecule has 36 heavy (non-hydrogen) atoms. The molecule has 0 radical (unpaired) electrons. The molecule has 5 aromatic rings. The Balaban J connectivity index is 1.71. The summed E-state index contributed by atoms with van der Waals surface area (Å²) in [5, 5.41) is 10.9. The lowest BCUT2D eigenvalue weighted by atomic mass is 9.93. The number of carboxylic acid groups (broad SMARTS) is 1. The van der Waals surface area contributed by atoms with E-state index in [1.807, 2.05) is 43.3 Å². The molecule has 2 heterocycles. The van der Waals surface area contributed by atoms with Crippen LogP contribution in [0.1, 0.15) is 16.7 Å². The number of carboxylic acids is 1. The van der Waals surface area contributed by atoms with Gasteiger partial charge in [0.05, 0.1) is 22.3 Å². The first-order chi connectivity index (χ1) is 17.2. The summed E-state index contributed by atoms with van der Waals surface area (Å²) < 4.78 is 2.26. The van der Waals surface area contributed by atoms with Gasteiger partial charge in [0.1, 0.15) is 5.01 Å². The van der Waals surface area contributed by atoms with Crippen LogP contribution in [-0.2, 0) is 11.2 Å². The summed E-state index contributed by atoms with van der Waals surface area (Å²) in [6.45, 7) is 3.53. The second-order valence-electron chi connectivity index (χ2n) is 8.48. The molecule has 0 saturated carbocycles. The number of carbonyl (C=O) groups is 1. The van der Waals surface area contributed by atoms with Gasteiger partial charge in [-0.15, -0.1) is 11.3 Å². The minimum absolute atomic E-state index is 0.114. The highest BCUT2D eigenvalue weighted by Gasteiger charge is 2.19. The number of halogens is 1. The number of hydrogen-bond donors (Lipinski definition) is 2. The van der Waals surface area contributed by atoms with E-state index in [0.717, 1.165) is 43.0 Å². The maximum Gasteiger partial charge on any atom is 0.332 e. The molecule has 180 valence electrons. The van der Waals surface area contributed by atoms with Crippen molar-refractivity contribution < 1.29 is 9.90 Å². The van der Waals surface area contributed by atoms with E-state index >= 15 is 0 Å². The van der Waals surface area contributed by atoms with E-state index < -0.39 is 17.2 Å². The molecule has 0 amide bonds.